The largest absolute Gasteiger partial charge is 0.273 e. The molecular weight excluding hydrogens is 765 g/mol. The third-order valence-electron chi connectivity index (χ3n) is 11.4. The van der Waals surface area contributed by atoms with Crippen LogP contribution in [0.15, 0.2) is 107 Å². The van der Waals surface area contributed by atoms with Crippen LogP contribution in [0.4, 0.5) is 0 Å². The van der Waals surface area contributed by atoms with E-state index in [1.165, 1.54) is 80.6 Å². The molecule has 8 aromatic heterocycles. The van der Waals surface area contributed by atoms with Gasteiger partial charge in [-0.3, -0.25) is 18.4 Å². The highest BCUT2D eigenvalue weighted by atomic mass is 32.1. The Morgan fingerprint density at radius 1 is 0.429 bits per heavy atom. The molecule has 10 aromatic rings. The number of thiophene rings is 4. The first-order valence-electron chi connectivity index (χ1n) is 20.1. The maximum atomic E-state index is 15.3. The molecule has 0 N–H and O–H groups in total. The summed E-state index contributed by atoms with van der Waals surface area (Å²) >= 11 is 7.08. The second-order valence-electron chi connectivity index (χ2n) is 15.0. The summed E-state index contributed by atoms with van der Waals surface area (Å²) < 4.78 is 3.81. The van der Waals surface area contributed by atoms with Crippen molar-refractivity contribution in [3.05, 3.63) is 128 Å². The molecule has 0 radical (unpaired) electrons. The number of aromatic nitrogens is 2. The van der Waals surface area contributed by atoms with Gasteiger partial charge in [-0.15, -0.1) is 45.3 Å². The normalized spacial score (nSPS) is 12.2. The molecule has 0 bridgehead atoms. The Morgan fingerprint density at radius 2 is 0.821 bits per heavy atom. The molecule has 280 valence electrons. The van der Waals surface area contributed by atoms with Crippen molar-refractivity contribution in [1.29, 1.82) is 0 Å². The number of pyridine rings is 2. The average Bonchev–Trinajstić information content (AvgIpc) is 4.07. The number of nitrogens with zero attached hydrogens (tertiary/aromatic N) is 2. The number of hydrogen-bond acceptors (Lipinski definition) is 6. The lowest BCUT2D eigenvalue weighted by Gasteiger charge is -2.10. The highest BCUT2D eigenvalue weighted by Gasteiger charge is 2.30. The Kier molecular flexibility index (Phi) is 9.41. The second-order valence-corrected chi connectivity index (χ2v) is 19.5. The van der Waals surface area contributed by atoms with Gasteiger partial charge < -0.3 is 0 Å². The first kappa shape index (κ1) is 35.8. The van der Waals surface area contributed by atoms with E-state index >= 15 is 9.59 Å². The van der Waals surface area contributed by atoms with Gasteiger partial charge >= 0.3 is 0 Å². The van der Waals surface area contributed by atoms with E-state index in [1.807, 2.05) is 67.9 Å². The molecule has 56 heavy (non-hydrogen) atoms. The van der Waals surface area contributed by atoms with Crippen LogP contribution in [0.3, 0.4) is 0 Å². The number of benzene rings is 2. The van der Waals surface area contributed by atoms with Crippen molar-refractivity contribution in [3.63, 3.8) is 0 Å². The Morgan fingerprint density at radius 3 is 1.27 bits per heavy atom. The molecule has 0 amide bonds. The molecule has 0 saturated carbocycles. The predicted octanol–water partition coefficient (Wildman–Crippen LogP) is 14.4. The topological polar surface area (TPSA) is 43.0 Å². The summed E-state index contributed by atoms with van der Waals surface area (Å²) in [4.78, 5) is 40.0. The van der Waals surface area contributed by atoms with Crippen LogP contribution in [-0.4, -0.2) is 8.80 Å². The molecule has 0 unspecified atom stereocenters. The molecule has 0 spiro atoms. The Labute approximate surface area is 341 Å². The lowest BCUT2D eigenvalue weighted by molar-refractivity contribution is 0.670. The average molecular weight is 807 g/mol. The van der Waals surface area contributed by atoms with Crippen molar-refractivity contribution in [2.75, 3.05) is 0 Å². The van der Waals surface area contributed by atoms with E-state index in [9.17, 15) is 0 Å². The molecule has 8 heteroatoms. The molecular formula is C48H42N2O2S4. The van der Waals surface area contributed by atoms with E-state index in [0.717, 1.165) is 66.2 Å². The van der Waals surface area contributed by atoms with E-state index in [0.29, 0.717) is 11.1 Å². The Bertz CT molecular complexity index is 2920. The summed E-state index contributed by atoms with van der Waals surface area (Å²) in [6.45, 7) is 4.50. The Hall–Kier alpha value is -4.60. The highest BCUT2D eigenvalue weighted by molar-refractivity contribution is 7.24. The first-order valence-corrected chi connectivity index (χ1v) is 23.3. The van der Waals surface area contributed by atoms with Gasteiger partial charge in [0.25, 0.3) is 11.1 Å². The number of aryl methyl sites for hydroxylation is 2. The molecule has 8 heterocycles. The van der Waals surface area contributed by atoms with E-state index in [4.69, 9.17) is 0 Å². The van der Waals surface area contributed by atoms with Crippen molar-refractivity contribution in [3.8, 4) is 40.4 Å². The van der Waals surface area contributed by atoms with E-state index in [2.05, 4.69) is 74.5 Å². The van der Waals surface area contributed by atoms with Crippen LogP contribution in [0.25, 0.3) is 84.0 Å². The lowest BCUT2D eigenvalue weighted by atomic mass is 10.0. The monoisotopic (exact) mass is 806 g/mol. The standard InChI is InChI=1S/C48H42N2O2S4/c1-3-5-7-9-15-29-21-23-35(53-29)37-25-27-39(55-37)43-41-31-17-11-13-19-33(31)50-45(41)46-42(32-18-12-14-20-34(32)49(46)47(43)51)44(48(50)52)40-28-26-38(56-40)36-24-22-30(54-36)16-10-8-6-4-2/h11-14,17-28H,3-10,15-16H2,1-2H3. The number of para-hydroxylation sites is 2. The van der Waals surface area contributed by atoms with Gasteiger partial charge in [0, 0.05) is 60.6 Å². The summed E-state index contributed by atoms with van der Waals surface area (Å²) in [5.74, 6) is 0. The highest BCUT2D eigenvalue weighted by Crippen LogP contribution is 2.47. The third kappa shape index (κ3) is 5.79. The summed E-state index contributed by atoms with van der Waals surface area (Å²) in [6.07, 6.45) is 12.3. The zero-order valence-corrected chi connectivity index (χ0v) is 34.9. The third-order valence-corrected chi connectivity index (χ3v) is 16.3. The molecule has 0 fully saturated rings. The van der Waals surface area contributed by atoms with Gasteiger partial charge in [0.1, 0.15) is 0 Å². The molecule has 4 nitrogen and oxygen atoms in total. The first-order chi connectivity index (χ1) is 27.6. The summed E-state index contributed by atoms with van der Waals surface area (Å²) in [7, 11) is 0. The van der Waals surface area contributed by atoms with Gasteiger partial charge in [0.2, 0.25) is 0 Å². The van der Waals surface area contributed by atoms with Crippen LogP contribution >= 0.6 is 45.3 Å². The fraction of sp³-hybridized carbons (Fsp3) is 0.250. The SMILES string of the molecule is CCCCCCc1ccc(-c2ccc(-c3c(=O)n4c5ccccc5c5c(-c6ccc(-c7ccc(CCCCCC)s7)s6)c(=O)n6c7ccccc7c3c6c54)s2)s1. The van der Waals surface area contributed by atoms with Crippen molar-refractivity contribution < 1.29 is 0 Å². The fourth-order valence-corrected chi connectivity index (χ4v) is 13.1. The maximum absolute atomic E-state index is 15.3. The van der Waals surface area contributed by atoms with E-state index in [1.54, 1.807) is 22.7 Å². The molecule has 0 aliphatic carbocycles. The minimum absolute atomic E-state index is 0.0420. The lowest BCUT2D eigenvalue weighted by Crippen LogP contribution is -2.19. The number of rotatable bonds is 14. The van der Waals surface area contributed by atoms with Gasteiger partial charge in [0.15, 0.2) is 0 Å². The number of fused-ring (bicyclic) bond motifs is 6. The van der Waals surface area contributed by atoms with Gasteiger partial charge in [-0.1, -0.05) is 88.8 Å². The Balaban J connectivity index is 1.16. The van der Waals surface area contributed by atoms with Crippen LogP contribution in [0, 0.1) is 0 Å². The van der Waals surface area contributed by atoms with E-state index in [-0.39, 0.29) is 11.1 Å². The molecule has 2 aromatic carbocycles. The smallest absolute Gasteiger partial charge is 0.265 e. The van der Waals surface area contributed by atoms with Crippen LogP contribution in [0.1, 0.15) is 75.0 Å². The van der Waals surface area contributed by atoms with Gasteiger partial charge in [-0.2, -0.15) is 0 Å². The van der Waals surface area contributed by atoms with Gasteiger partial charge in [-0.05, 0) is 86.3 Å². The van der Waals surface area contributed by atoms with Crippen LogP contribution in [0.2, 0.25) is 0 Å². The van der Waals surface area contributed by atoms with Crippen molar-refractivity contribution in [1.82, 2.24) is 8.80 Å². The molecule has 0 saturated heterocycles. The second kappa shape index (κ2) is 14.7. The zero-order chi connectivity index (χ0) is 37.9. The van der Waals surface area contributed by atoms with Crippen LogP contribution in [0.5, 0.6) is 0 Å². The number of hydrogen-bond donors (Lipinski definition) is 0. The van der Waals surface area contributed by atoms with E-state index < -0.39 is 0 Å². The summed E-state index contributed by atoms with van der Waals surface area (Å²) in [5, 5.41) is 3.59. The van der Waals surface area contributed by atoms with Crippen molar-refractivity contribution >= 4 is 89.0 Å². The van der Waals surface area contributed by atoms with Crippen molar-refractivity contribution in [2.24, 2.45) is 0 Å². The number of unbranched alkanes of at least 4 members (excludes halogenated alkanes) is 6. The fourth-order valence-electron chi connectivity index (χ4n) is 8.70. The quantitative estimate of drug-likeness (QED) is 0.103. The molecule has 0 aliphatic rings. The molecule has 10 rings (SSSR count). The molecule has 0 atom stereocenters. The predicted molar refractivity (Wildman–Crippen MR) is 245 cm³/mol. The van der Waals surface area contributed by atoms with Crippen LogP contribution < -0.4 is 11.1 Å². The minimum Gasteiger partial charge on any atom is -0.273 e. The zero-order valence-electron chi connectivity index (χ0n) is 31.7. The van der Waals surface area contributed by atoms with Crippen molar-refractivity contribution in [2.45, 2.75) is 78.1 Å². The van der Waals surface area contributed by atoms with Gasteiger partial charge in [-0.25, -0.2) is 0 Å². The van der Waals surface area contributed by atoms with Crippen LogP contribution in [-0.2, 0) is 12.8 Å². The van der Waals surface area contributed by atoms with Gasteiger partial charge in [0.05, 0.1) is 33.2 Å². The molecule has 0 aliphatic heterocycles. The summed E-state index contributed by atoms with van der Waals surface area (Å²) in [6, 6.07) is 33.8. The summed E-state index contributed by atoms with van der Waals surface area (Å²) in [5.41, 5.74) is 4.56. The minimum atomic E-state index is -0.0420. The maximum Gasteiger partial charge on any atom is 0.265 e.